The van der Waals surface area contributed by atoms with Crippen LogP contribution in [0.5, 0.6) is 0 Å². The molecule has 0 atom stereocenters. The van der Waals surface area contributed by atoms with Gasteiger partial charge in [-0.25, -0.2) is 0 Å². The first-order valence-corrected chi connectivity index (χ1v) is 6.61. The second-order valence-electron chi connectivity index (χ2n) is 4.88. The summed E-state index contributed by atoms with van der Waals surface area (Å²) >= 11 is 0. The molecule has 0 bridgehead atoms. The lowest BCUT2D eigenvalue weighted by molar-refractivity contribution is -0.0429. The van der Waals surface area contributed by atoms with E-state index in [0.717, 1.165) is 5.56 Å². The maximum atomic E-state index is 12.1. The Morgan fingerprint density at radius 1 is 1.00 bits per heavy atom. The second-order valence-corrected chi connectivity index (χ2v) is 6.55. The number of anilines is 1. The number of alkyl halides is 3. The Labute approximate surface area is 104 Å². The number of hydrogen-bond acceptors (Lipinski definition) is 2. The number of nitrogens with one attached hydrogen (secondary N) is 1. The Bertz CT molecular complexity index is 513. The lowest BCUT2D eigenvalue weighted by Gasteiger charge is -2.19. The lowest BCUT2D eigenvalue weighted by atomic mass is 9.87. The highest BCUT2D eigenvalue weighted by Gasteiger charge is 2.46. The van der Waals surface area contributed by atoms with Crippen molar-refractivity contribution >= 4 is 15.7 Å². The van der Waals surface area contributed by atoms with Gasteiger partial charge in [-0.05, 0) is 23.1 Å². The molecular formula is C11H14F3NO2S. The number of benzene rings is 1. The van der Waals surface area contributed by atoms with E-state index in [1.807, 2.05) is 20.8 Å². The Balaban J connectivity index is 2.96. The Morgan fingerprint density at radius 3 is 1.78 bits per heavy atom. The van der Waals surface area contributed by atoms with E-state index < -0.39 is 15.5 Å². The van der Waals surface area contributed by atoms with Gasteiger partial charge in [-0.2, -0.15) is 21.6 Å². The maximum Gasteiger partial charge on any atom is 0.516 e. The zero-order valence-corrected chi connectivity index (χ0v) is 11.0. The van der Waals surface area contributed by atoms with Gasteiger partial charge in [-0.3, -0.25) is 4.72 Å². The molecule has 0 amide bonds. The molecule has 0 fully saturated rings. The summed E-state index contributed by atoms with van der Waals surface area (Å²) in [7, 11) is -5.35. The molecule has 7 heteroatoms. The molecule has 1 aromatic carbocycles. The van der Waals surface area contributed by atoms with E-state index in [1.54, 1.807) is 12.1 Å². The first kappa shape index (κ1) is 14.8. The minimum atomic E-state index is -5.35. The van der Waals surface area contributed by atoms with Gasteiger partial charge >= 0.3 is 15.5 Å². The summed E-state index contributed by atoms with van der Waals surface area (Å²) in [5.41, 5.74) is -4.67. The molecule has 3 nitrogen and oxygen atoms in total. The summed E-state index contributed by atoms with van der Waals surface area (Å²) in [6.07, 6.45) is 0. The largest absolute Gasteiger partial charge is 0.516 e. The van der Waals surface area contributed by atoms with Gasteiger partial charge in [0.05, 0.1) is 0 Å². The fourth-order valence-electron chi connectivity index (χ4n) is 1.25. The first-order valence-electron chi connectivity index (χ1n) is 5.13. The molecule has 1 aromatic rings. The summed E-state index contributed by atoms with van der Waals surface area (Å²) in [6.45, 7) is 5.84. The highest BCUT2D eigenvalue weighted by atomic mass is 32.2. The van der Waals surface area contributed by atoms with Crippen LogP contribution in [-0.4, -0.2) is 13.9 Å². The van der Waals surface area contributed by atoms with Crippen LogP contribution in [0.1, 0.15) is 26.3 Å². The van der Waals surface area contributed by atoms with E-state index in [4.69, 9.17) is 0 Å². The molecule has 18 heavy (non-hydrogen) atoms. The third kappa shape index (κ3) is 3.38. The Kier molecular flexibility index (Phi) is 3.67. The number of rotatable bonds is 2. The maximum absolute atomic E-state index is 12.1. The molecule has 1 rings (SSSR count). The van der Waals surface area contributed by atoms with Crippen LogP contribution in [0.25, 0.3) is 0 Å². The van der Waals surface area contributed by atoms with Crippen LogP contribution >= 0.6 is 0 Å². The van der Waals surface area contributed by atoms with Crippen molar-refractivity contribution in [2.45, 2.75) is 31.7 Å². The zero-order valence-electron chi connectivity index (χ0n) is 10.2. The first-order chi connectivity index (χ1) is 7.93. The Hall–Kier alpha value is -1.24. The van der Waals surface area contributed by atoms with Crippen LogP contribution in [0, 0.1) is 0 Å². The molecular weight excluding hydrogens is 267 g/mol. The van der Waals surface area contributed by atoms with Crippen molar-refractivity contribution in [3.8, 4) is 0 Å². The molecule has 0 aromatic heterocycles. The molecule has 0 radical (unpaired) electrons. The topological polar surface area (TPSA) is 46.2 Å². The molecule has 0 aliphatic rings. The van der Waals surface area contributed by atoms with E-state index in [-0.39, 0.29) is 11.1 Å². The quantitative estimate of drug-likeness (QED) is 0.904. The fourth-order valence-corrected chi connectivity index (χ4v) is 1.81. The van der Waals surface area contributed by atoms with Gasteiger partial charge in [0.2, 0.25) is 0 Å². The molecule has 1 N–H and O–H groups in total. The zero-order chi connectivity index (χ0) is 14.2. The average molecular weight is 281 g/mol. The fraction of sp³-hybridized carbons (Fsp3) is 0.455. The number of hydrogen-bond donors (Lipinski definition) is 1. The highest BCUT2D eigenvalue weighted by Crippen LogP contribution is 2.27. The van der Waals surface area contributed by atoms with E-state index in [1.165, 1.54) is 16.9 Å². The van der Waals surface area contributed by atoms with Gasteiger partial charge in [0, 0.05) is 5.69 Å². The van der Waals surface area contributed by atoms with Crippen LogP contribution in [0.15, 0.2) is 24.3 Å². The van der Waals surface area contributed by atoms with Gasteiger partial charge in [-0.15, -0.1) is 0 Å². The standard InChI is InChI=1S/C11H14F3NO2S/c1-10(2,3)8-4-6-9(7-5-8)15-18(16,17)11(12,13)14/h4-7,15H,1-3H3. The van der Waals surface area contributed by atoms with Crippen molar-refractivity contribution in [3.63, 3.8) is 0 Å². The Morgan fingerprint density at radius 2 is 1.44 bits per heavy atom. The van der Waals surface area contributed by atoms with Crippen LogP contribution in [-0.2, 0) is 15.4 Å². The van der Waals surface area contributed by atoms with Crippen molar-refractivity contribution in [2.75, 3.05) is 4.72 Å². The summed E-state index contributed by atoms with van der Waals surface area (Å²) in [5, 5.41) is 0. The van der Waals surface area contributed by atoms with Gasteiger partial charge in [0.1, 0.15) is 0 Å². The number of halogens is 3. The number of sulfonamides is 1. The minimum absolute atomic E-state index is 0.111. The normalized spacial score (nSPS) is 13.4. The third-order valence-corrected chi connectivity index (χ3v) is 3.42. The summed E-state index contributed by atoms with van der Waals surface area (Å²) in [6, 6.07) is 5.80. The predicted octanol–water partition coefficient (Wildman–Crippen LogP) is 3.25. The minimum Gasteiger partial charge on any atom is -0.276 e. The molecule has 0 spiro atoms. The predicted molar refractivity (Wildman–Crippen MR) is 63.7 cm³/mol. The monoisotopic (exact) mass is 281 g/mol. The average Bonchev–Trinajstić information content (AvgIpc) is 2.14. The smallest absolute Gasteiger partial charge is 0.276 e. The van der Waals surface area contributed by atoms with Crippen molar-refractivity contribution in [1.82, 2.24) is 0 Å². The molecule has 0 saturated heterocycles. The third-order valence-electron chi connectivity index (χ3n) is 2.31. The van der Waals surface area contributed by atoms with E-state index >= 15 is 0 Å². The second kappa shape index (κ2) is 4.46. The summed E-state index contributed by atoms with van der Waals surface area (Å²) < 4.78 is 59.6. The van der Waals surface area contributed by atoms with Crippen LogP contribution in [0.2, 0.25) is 0 Å². The molecule has 102 valence electrons. The highest BCUT2D eigenvalue weighted by molar-refractivity contribution is 7.93. The van der Waals surface area contributed by atoms with Crippen LogP contribution in [0.4, 0.5) is 18.9 Å². The van der Waals surface area contributed by atoms with Crippen LogP contribution < -0.4 is 4.72 Å². The van der Waals surface area contributed by atoms with Gasteiger partial charge in [0.15, 0.2) is 0 Å². The summed E-state index contributed by atoms with van der Waals surface area (Å²) in [4.78, 5) is 0. The molecule has 0 saturated carbocycles. The summed E-state index contributed by atoms with van der Waals surface area (Å²) in [5.74, 6) is 0. The molecule has 0 aliphatic heterocycles. The van der Waals surface area contributed by atoms with E-state index in [0.29, 0.717) is 0 Å². The van der Waals surface area contributed by atoms with Crippen LogP contribution in [0.3, 0.4) is 0 Å². The SMILES string of the molecule is CC(C)(C)c1ccc(NS(=O)(=O)C(F)(F)F)cc1. The van der Waals surface area contributed by atoms with Crippen molar-refractivity contribution in [1.29, 1.82) is 0 Å². The van der Waals surface area contributed by atoms with Crippen molar-refractivity contribution < 1.29 is 21.6 Å². The van der Waals surface area contributed by atoms with Gasteiger partial charge in [0.25, 0.3) is 0 Å². The van der Waals surface area contributed by atoms with Gasteiger partial charge in [-0.1, -0.05) is 32.9 Å². The van der Waals surface area contributed by atoms with E-state index in [9.17, 15) is 21.6 Å². The van der Waals surface area contributed by atoms with Gasteiger partial charge < -0.3 is 0 Å². The van der Waals surface area contributed by atoms with Crippen molar-refractivity contribution in [2.24, 2.45) is 0 Å². The molecule has 0 unspecified atom stereocenters. The molecule has 0 heterocycles. The van der Waals surface area contributed by atoms with E-state index in [2.05, 4.69) is 0 Å². The lowest BCUT2D eigenvalue weighted by Crippen LogP contribution is -2.29. The molecule has 0 aliphatic carbocycles. The van der Waals surface area contributed by atoms with Crippen molar-refractivity contribution in [3.05, 3.63) is 29.8 Å².